The molecule has 3 nitrogen and oxygen atoms in total. The largest absolute Gasteiger partial charge is 0.381 e. The minimum absolute atomic E-state index is 0.0583. The van der Waals surface area contributed by atoms with E-state index in [-0.39, 0.29) is 12.1 Å². The first-order valence-corrected chi connectivity index (χ1v) is 7.74. The molecule has 1 aromatic rings. The van der Waals surface area contributed by atoms with E-state index in [0.717, 1.165) is 24.8 Å². The Bertz CT molecular complexity index is 419. The van der Waals surface area contributed by atoms with Gasteiger partial charge in [0.15, 0.2) is 0 Å². The maximum absolute atomic E-state index is 6.21. The molecular formula is C16H25ClN2O. The molecule has 112 valence electrons. The predicted molar refractivity (Wildman–Crippen MR) is 84.0 cm³/mol. The first-order valence-electron chi connectivity index (χ1n) is 7.37. The second-order valence-electron chi connectivity index (χ2n) is 5.88. The number of rotatable bonds is 5. The summed E-state index contributed by atoms with van der Waals surface area (Å²) in [4.78, 5) is 2.34. The standard InChI is InChI=1S/C16H25ClN2O/c1-12(18)16(14-6-3-7-15(17)9-14)19(2)10-13-5-4-8-20-11-13/h3,6-7,9,12-13,16H,4-5,8,10-11,18H2,1-2H3. The van der Waals surface area contributed by atoms with Crippen molar-refractivity contribution in [3.63, 3.8) is 0 Å². The van der Waals surface area contributed by atoms with Gasteiger partial charge in [-0.1, -0.05) is 23.7 Å². The molecule has 0 amide bonds. The fraction of sp³-hybridized carbons (Fsp3) is 0.625. The van der Waals surface area contributed by atoms with E-state index in [4.69, 9.17) is 22.1 Å². The van der Waals surface area contributed by atoms with Crippen LogP contribution in [0, 0.1) is 5.92 Å². The van der Waals surface area contributed by atoms with E-state index in [0.29, 0.717) is 5.92 Å². The molecule has 3 unspecified atom stereocenters. The van der Waals surface area contributed by atoms with Gasteiger partial charge in [0.25, 0.3) is 0 Å². The van der Waals surface area contributed by atoms with Gasteiger partial charge in [0.2, 0.25) is 0 Å². The Kier molecular flexibility index (Phi) is 5.85. The van der Waals surface area contributed by atoms with E-state index in [9.17, 15) is 0 Å². The molecule has 0 bridgehead atoms. The number of halogens is 1. The quantitative estimate of drug-likeness (QED) is 0.907. The van der Waals surface area contributed by atoms with Crippen LogP contribution in [0.2, 0.25) is 5.02 Å². The third-order valence-corrected chi connectivity index (χ3v) is 4.20. The first-order chi connectivity index (χ1) is 9.58. The molecule has 1 aliphatic rings. The molecule has 4 heteroatoms. The molecule has 0 aliphatic carbocycles. The van der Waals surface area contributed by atoms with Crippen LogP contribution in [-0.4, -0.2) is 37.7 Å². The van der Waals surface area contributed by atoms with E-state index in [1.165, 1.54) is 18.4 Å². The van der Waals surface area contributed by atoms with Gasteiger partial charge in [0.1, 0.15) is 0 Å². The highest BCUT2D eigenvalue weighted by atomic mass is 35.5. The number of ether oxygens (including phenoxy) is 1. The van der Waals surface area contributed by atoms with E-state index in [1.807, 2.05) is 18.2 Å². The number of hydrogen-bond acceptors (Lipinski definition) is 3. The van der Waals surface area contributed by atoms with Gasteiger partial charge in [0, 0.05) is 30.3 Å². The van der Waals surface area contributed by atoms with E-state index in [2.05, 4.69) is 24.9 Å². The fourth-order valence-electron chi connectivity index (χ4n) is 3.12. The molecule has 1 fully saturated rings. The average molecular weight is 297 g/mol. The van der Waals surface area contributed by atoms with E-state index < -0.39 is 0 Å². The smallest absolute Gasteiger partial charge is 0.0506 e. The summed E-state index contributed by atoms with van der Waals surface area (Å²) in [6.45, 7) is 4.84. The Morgan fingerprint density at radius 2 is 2.30 bits per heavy atom. The molecule has 1 heterocycles. The van der Waals surface area contributed by atoms with Gasteiger partial charge >= 0.3 is 0 Å². The Labute approximate surface area is 127 Å². The lowest BCUT2D eigenvalue weighted by Crippen LogP contribution is -2.41. The molecular weight excluding hydrogens is 272 g/mol. The maximum Gasteiger partial charge on any atom is 0.0506 e. The van der Waals surface area contributed by atoms with Crippen LogP contribution in [0.25, 0.3) is 0 Å². The van der Waals surface area contributed by atoms with Gasteiger partial charge in [-0.25, -0.2) is 0 Å². The highest BCUT2D eigenvalue weighted by Crippen LogP contribution is 2.26. The third kappa shape index (κ3) is 4.19. The van der Waals surface area contributed by atoms with Crippen LogP contribution in [0.1, 0.15) is 31.4 Å². The summed E-state index contributed by atoms with van der Waals surface area (Å²) < 4.78 is 5.57. The summed E-state index contributed by atoms with van der Waals surface area (Å²) in [5.74, 6) is 0.606. The maximum atomic E-state index is 6.21. The van der Waals surface area contributed by atoms with Crippen LogP contribution in [0.5, 0.6) is 0 Å². The zero-order chi connectivity index (χ0) is 14.5. The molecule has 20 heavy (non-hydrogen) atoms. The van der Waals surface area contributed by atoms with Crippen LogP contribution in [0.4, 0.5) is 0 Å². The van der Waals surface area contributed by atoms with Crippen LogP contribution < -0.4 is 5.73 Å². The second kappa shape index (κ2) is 7.41. The van der Waals surface area contributed by atoms with Gasteiger partial charge in [-0.3, -0.25) is 4.90 Å². The van der Waals surface area contributed by atoms with Gasteiger partial charge in [0.05, 0.1) is 6.61 Å². The molecule has 2 rings (SSSR count). The Hall–Kier alpha value is -0.610. The van der Waals surface area contributed by atoms with Crippen molar-refractivity contribution in [1.82, 2.24) is 4.90 Å². The van der Waals surface area contributed by atoms with Gasteiger partial charge in [-0.05, 0) is 50.4 Å². The Balaban J connectivity index is 2.07. The van der Waals surface area contributed by atoms with Crippen molar-refractivity contribution in [2.75, 3.05) is 26.8 Å². The first kappa shape index (κ1) is 15.8. The van der Waals surface area contributed by atoms with Crippen molar-refractivity contribution < 1.29 is 4.74 Å². The summed E-state index contributed by atoms with van der Waals surface area (Å²) in [5.41, 5.74) is 7.40. The average Bonchev–Trinajstić information content (AvgIpc) is 2.39. The lowest BCUT2D eigenvalue weighted by Gasteiger charge is -2.35. The number of nitrogens with zero attached hydrogens (tertiary/aromatic N) is 1. The monoisotopic (exact) mass is 296 g/mol. The predicted octanol–water partition coefficient (Wildman–Crippen LogP) is 3.09. The summed E-state index contributed by atoms with van der Waals surface area (Å²) >= 11 is 6.11. The molecule has 0 aromatic heterocycles. The normalized spacial score (nSPS) is 22.8. The van der Waals surface area contributed by atoms with Gasteiger partial charge in [-0.2, -0.15) is 0 Å². The minimum Gasteiger partial charge on any atom is -0.381 e. The molecule has 0 radical (unpaired) electrons. The van der Waals surface area contributed by atoms with Crippen molar-refractivity contribution in [3.8, 4) is 0 Å². The highest BCUT2D eigenvalue weighted by molar-refractivity contribution is 6.30. The zero-order valence-electron chi connectivity index (χ0n) is 12.4. The minimum atomic E-state index is 0.0583. The van der Waals surface area contributed by atoms with Crippen molar-refractivity contribution in [2.24, 2.45) is 11.7 Å². The summed E-state index contributed by atoms with van der Waals surface area (Å²) in [6, 6.07) is 8.26. The van der Waals surface area contributed by atoms with Crippen LogP contribution in [0.15, 0.2) is 24.3 Å². The lowest BCUT2D eigenvalue weighted by molar-refractivity contribution is 0.0344. The van der Waals surface area contributed by atoms with Crippen molar-refractivity contribution >= 4 is 11.6 Å². The third-order valence-electron chi connectivity index (χ3n) is 3.96. The zero-order valence-corrected chi connectivity index (χ0v) is 13.1. The van der Waals surface area contributed by atoms with Gasteiger partial charge < -0.3 is 10.5 Å². The molecule has 1 aromatic carbocycles. The van der Waals surface area contributed by atoms with Crippen molar-refractivity contribution in [2.45, 2.75) is 31.8 Å². The Morgan fingerprint density at radius 1 is 1.50 bits per heavy atom. The number of hydrogen-bond donors (Lipinski definition) is 1. The van der Waals surface area contributed by atoms with E-state index in [1.54, 1.807) is 0 Å². The number of nitrogens with two attached hydrogens (primary N) is 1. The highest BCUT2D eigenvalue weighted by Gasteiger charge is 2.24. The molecule has 3 atom stereocenters. The molecule has 0 saturated carbocycles. The van der Waals surface area contributed by atoms with E-state index >= 15 is 0 Å². The van der Waals surface area contributed by atoms with Crippen molar-refractivity contribution in [1.29, 1.82) is 0 Å². The molecule has 0 spiro atoms. The number of benzene rings is 1. The van der Waals surface area contributed by atoms with Crippen LogP contribution in [-0.2, 0) is 4.74 Å². The van der Waals surface area contributed by atoms with Crippen LogP contribution in [0.3, 0.4) is 0 Å². The fourth-order valence-corrected chi connectivity index (χ4v) is 3.32. The van der Waals surface area contributed by atoms with Crippen LogP contribution >= 0.6 is 11.6 Å². The van der Waals surface area contributed by atoms with Gasteiger partial charge in [-0.15, -0.1) is 0 Å². The summed E-state index contributed by atoms with van der Waals surface area (Å²) in [6.07, 6.45) is 2.41. The Morgan fingerprint density at radius 3 is 2.90 bits per heavy atom. The molecule has 2 N–H and O–H groups in total. The summed E-state index contributed by atoms with van der Waals surface area (Å²) in [7, 11) is 2.14. The molecule has 1 aliphatic heterocycles. The SMILES string of the molecule is CC(N)C(c1cccc(Cl)c1)N(C)CC1CCCOC1. The lowest BCUT2D eigenvalue weighted by atomic mass is 9.96. The summed E-state index contributed by atoms with van der Waals surface area (Å²) in [5, 5.41) is 0.766. The molecule has 1 saturated heterocycles. The second-order valence-corrected chi connectivity index (χ2v) is 6.32. The van der Waals surface area contributed by atoms with Crippen molar-refractivity contribution in [3.05, 3.63) is 34.9 Å². The number of likely N-dealkylation sites (N-methyl/N-ethyl adjacent to an activating group) is 1. The topological polar surface area (TPSA) is 38.5 Å².